The molecule has 1 saturated heterocycles. The van der Waals surface area contributed by atoms with Gasteiger partial charge in [0.05, 0.1) is 31.9 Å². The van der Waals surface area contributed by atoms with Crippen molar-refractivity contribution >= 4 is 11.9 Å². The van der Waals surface area contributed by atoms with Crippen molar-refractivity contribution in [2.75, 3.05) is 46.4 Å². The molecule has 0 bridgehead atoms. The molecule has 0 saturated carbocycles. The number of amides is 1. The molecule has 1 aromatic carbocycles. The number of hydrogen-bond donors (Lipinski definition) is 0. The summed E-state index contributed by atoms with van der Waals surface area (Å²) in [6.45, 7) is 1.17. The number of anilines is 1. The highest BCUT2D eigenvalue weighted by molar-refractivity contribution is 5.78. The molecule has 1 aliphatic rings. The zero-order chi connectivity index (χ0) is 20.1. The molecule has 1 atom stereocenters. The molecule has 2 aromatic rings. The summed E-state index contributed by atoms with van der Waals surface area (Å²) < 4.78 is 10.5. The van der Waals surface area contributed by atoms with Gasteiger partial charge in [-0.1, -0.05) is 12.1 Å². The van der Waals surface area contributed by atoms with E-state index in [-0.39, 0.29) is 11.9 Å². The normalized spacial score (nSPS) is 16.3. The Labute approximate surface area is 166 Å². The van der Waals surface area contributed by atoms with Gasteiger partial charge in [-0.25, -0.2) is 9.97 Å². The summed E-state index contributed by atoms with van der Waals surface area (Å²) in [4.78, 5) is 25.9. The van der Waals surface area contributed by atoms with Crippen molar-refractivity contribution in [3.8, 4) is 16.9 Å². The van der Waals surface area contributed by atoms with E-state index >= 15 is 0 Å². The smallest absolute Gasteiger partial charge is 0.225 e. The maximum absolute atomic E-state index is 12.7. The van der Waals surface area contributed by atoms with Crippen LogP contribution in [0.15, 0.2) is 30.5 Å². The van der Waals surface area contributed by atoms with Crippen LogP contribution in [-0.4, -0.2) is 62.2 Å². The van der Waals surface area contributed by atoms with Crippen molar-refractivity contribution < 1.29 is 14.3 Å². The fraction of sp³-hybridized carbons (Fsp3) is 0.476. The largest absolute Gasteiger partial charge is 0.497 e. The first-order valence-corrected chi connectivity index (χ1v) is 9.52. The molecule has 1 aromatic heterocycles. The van der Waals surface area contributed by atoms with Crippen LogP contribution >= 0.6 is 0 Å². The maximum Gasteiger partial charge on any atom is 0.225 e. The number of benzene rings is 1. The number of carbonyl (C=O) groups is 1. The SMILES string of the molecule is COCCC(=O)N1CCCC1c1nc(N(C)C)ncc1-c1cccc(OC)c1. The van der Waals surface area contributed by atoms with Crippen molar-refractivity contribution in [3.63, 3.8) is 0 Å². The molecule has 7 heteroatoms. The Morgan fingerprint density at radius 3 is 2.86 bits per heavy atom. The quantitative estimate of drug-likeness (QED) is 0.731. The molecule has 1 amide bonds. The van der Waals surface area contributed by atoms with Gasteiger partial charge in [-0.15, -0.1) is 0 Å². The molecule has 0 spiro atoms. The van der Waals surface area contributed by atoms with Crippen LogP contribution in [0, 0.1) is 0 Å². The fourth-order valence-electron chi connectivity index (χ4n) is 3.55. The first kappa shape index (κ1) is 20.1. The molecule has 1 aliphatic heterocycles. The van der Waals surface area contributed by atoms with Gasteiger partial charge in [0.25, 0.3) is 0 Å². The topological polar surface area (TPSA) is 67.8 Å². The molecule has 0 aliphatic carbocycles. The molecule has 2 heterocycles. The van der Waals surface area contributed by atoms with Crippen molar-refractivity contribution in [1.82, 2.24) is 14.9 Å². The second-order valence-corrected chi connectivity index (χ2v) is 7.08. The molecule has 0 radical (unpaired) electrons. The van der Waals surface area contributed by atoms with Gasteiger partial charge in [-0.05, 0) is 30.5 Å². The van der Waals surface area contributed by atoms with Crippen molar-refractivity contribution in [2.24, 2.45) is 0 Å². The monoisotopic (exact) mass is 384 g/mol. The summed E-state index contributed by atoms with van der Waals surface area (Å²) in [5, 5.41) is 0. The van der Waals surface area contributed by atoms with Crippen LogP contribution in [0.4, 0.5) is 5.95 Å². The predicted molar refractivity (Wildman–Crippen MR) is 109 cm³/mol. The molecule has 0 N–H and O–H groups in total. The van der Waals surface area contributed by atoms with Crippen LogP contribution in [0.2, 0.25) is 0 Å². The lowest BCUT2D eigenvalue weighted by atomic mass is 9.99. The molecule has 1 fully saturated rings. The Bertz CT molecular complexity index is 825. The number of likely N-dealkylation sites (tertiary alicyclic amines) is 1. The summed E-state index contributed by atoms with van der Waals surface area (Å²) in [7, 11) is 7.10. The number of methoxy groups -OCH3 is 2. The lowest BCUT2D eigenvalue weighted by Crippen LogP contribution is -2.32. The van der Waals surface area contributed by atoms with Gasteiger partial charge in [0.15, 0.2) is 0 Å². The Kier molecular flexibility index (Phi) is 6.46. The highest BCUT2D eigenvalue weighted by Crippen LogP contribution is 2.38. The summed E-state index contributed by atoms with van der Waals surface area (Å²) in [6.07, 6.45) is 4.08. The van der Waals surface area contributed by atoms with Crippen LogP contribution in [0.3, 0.4) is 0 Å². The van der Waals surface area contributed by atoms with Crippen LogP contribution in [0.5, 0.6) is 5.75 Å². The number of carbonyl (C=O) groups excluding carboxylic acids is 1. The minimum Gasteiger partial charge on any atom is -0.497 e. The number of aromatic nitrogens is 2. The van der Waals surface area contributed by atoms with Gasteiger partial charge in [0.2, 0.25) is 11.9 Å². The standard InChI is InChI=1S/C21H28N4O3/c1-24(2)21-22-14-17(15-7-5-8-16(13-15)28-4)20(23-21)18-9-6-11-25(18)19(26)10-12-27-3/h5,7-8,13-14,18H,6,9-12H2,1-4H3. The number of rotatable bonds is 7. The molecule has 1 unspecified atom stereocenters. The predicted octanol–water partition coefficient (Wildman–Crippen LogP) is 2.92. The number of ether oxygens (including phenoxy) is 2. The van der Waals surface area contributed by atoms with Crippen LogP contribution in [0.25, 0.3) is 11.1 Å². The average Bonchev–Trinajstić information content (AvgIpc) is 3.21. The lowest BCUT2D eigenvalue weighted by molar-refractivity contribution is -0.133. The maximum atomic E-state index is 12.7. The highest BCUT2D eigenvalue weighted by atomic mass is 16.5. The molecule has 150 valence electrons. The van der Waals surface area contributed by atoms with E-state index in [1.807, 2.05) is 54.4 Å². The second kappa shape index (κ2) is 9.01. The lowest BCUT2D eigenvalue weighted by Gasteiger charge is -2.27. The third-order valence-electron chi connectivity index (χ3n) is 5.00. The Morgan fingerprint density at radius 1 is 1.32 bits per heavy atom. The summed E-state index contributed by atoms with van der Waals surface area (Å²) in [5.74, 6) is 1.52. The highest BCUT2D eigenvalue weighted by Gasteiger charge is 2.33. The second-order valence-electron chi connectivity index (χ2n) is 7.08. The Morgan fingerprint density at radius 2 is 2.14 bits per heavy atom. The molecular weight excluding hydrogens is 356 g/mol. The first-order valence-electron chi connectivity index (χ1n) is 9.52. The third kappa shape index (κ3) is 4.25. The molecule has 7 nitrogen and oxygen atoms in total. The Hall–Kier alpha value is -2.67. The van der Waals surface area contributed by atoms with Crippen molar-refractivity contribution in [2.45, 2.75) is 25.3 Å². The number of hydrogen-bond acceptors (Lipinski definition) is 6. The zero-order valence-electron chi connectivity index (χ0n) is 17.0. The Balaban J connectivity index is 2.04. The van der Waals surface area contributed by atoms with Gasteiger partial charge in [-0.2, -0.15) is 0 Å². The minimum absolute atomic E-state index is 0.0627. The van der Waals surface area contributed by atoms with Gasteiger partial charge in [-0.3, -0.25) is 4.79 Å². The van der Waals surface area contributed by atoms with E-state index in [2.05, 4.69) is 4.98 Å². The van der Waals surface area contributed by atoms with E-state index in [1.54, 1.807) is 14.2 Å². The van der Waals surface area contributed by atoms with Crippen LogP contribution in [0.1, 0.15) is 31.0 Å². The van der Waals surface area contributed by atoms with Crippen LogP contribution < -0.4 is 9.64 Å². The van der Waals surface area contributed by atoms with Crippen LogP contribution in [-0.2, 0) is 9.53 Å². The first-order chi connectivity index (χ1) is 13.5. The van der Waals surface area contributed by atoms with Gasteiger partial charge in [0, 0.05) is 39.5 Å². The van der Waals surface area contributed by atoms with E-state index in [9.17, 15) is 4.79 Å². The molecular formula is C21H28N4O3. The number of nitrogens with zero attached hydrogens (tertiary/aromatic N) is 4. The summed E-state index contributed by atoms with van der Waals surface area (Å²) in [5.41, 5.74) is 2.80. The molecule has 3 rings (SSSR count). The van der Waals surface area contributed by atoms with E-state index in [1.165, 1.54) is 0 Å². The zero-order valence-corrected chi connectivity index (χ0v) is 17.0. The van der Waals surface area contributed by atoms with E-state index < -0.39 is 0 Å². The molecule has 28 heavy (non-hydrogen) atoms. The summed E-state index contributed by atoms with van der Waals surface area (Å²) in [6, 6.07) is 7.80. The third-order valence-corrected chi connectivity index (χ3v) is 5.00. The van der Waals surface area contributed by atoms with Crippen molar-refractivity contribution in [1.29, 1.82) is 0 Å². The van der Waals surface area contributed by atoms with Gasteiger partial charge >= 0.3 is 0 Å². The van der Waals surface area contributed by atoms with Gasteiger partial charge in [0.1, 0.15) is 5.75 Å². The van der Waals surface area contributed by atoms with Gasteiger partial charge < -0.3 is 19.3 Å². The van der Waals surface area contributed by atoms with E-state index in [0.29, 0.717) is 19.0 Å². The minimum atomic E-state index is -0.0627. The van der Waals surface area contributed by atoms with E-state index in [0.717, 1.165) is 42.0 Å². The summed E-state index contributed by atoms with van der Waals surface area (Å²) >= 11 is 0. The average molecular weight is 384 g/mol. The van der Waals surface area contributed by atoms with Crippen molar-refractivity contribution in [3.05, 3.63) is 36.2 Å². The fourth-order valence-corrected chi connectivity index (χ4v) is 3.55. The van der Waals surface area contributed by atoms with E-state index in [4.69, 9.17) is 14.5 Å².